The summed E-state index contributed by atoms with van der Waals surface area (Å²) in [6.45, 7) is 11.6. The van der Waals surface area contributed by atoms with E-state index in [2.05, 4.69) is 42.8 Å². The highest BCUT2D eigenvalue weighted by Gasteiger charge is 2.16. The second kappa shape index (κ2) is 15.6. The van der Waals surface area contributed by atoms with Crippen LogP contribution in [-0.4, -0.2) is 60.6 Å². The maximum Gasteiger partial charge on any atom is 0.222 e. The molecule has 0 spiro atoms. The van der Waals surface area contributed by atoms with Gasteiger partial charge in [-0.2, -0.15) is 0 Å². The molecule has 166 valence electrons. The van der Waals surface area contributed by atoms with Crippen LogP contribution in [0.1, 0.15) is 45.1 Å². The van der Waals surface area contributed by atoms with Crippen molar-refractivity contribution in [2.45, 2.75) is 46.0 Å². The van der Waals surface area contributed by atoms with Gasteiger partial charge >= 0.3 is 0 Å². The van der Waals surface area contributed by atoms with E-state index in [1.807, 2.05) is 37.0 Å². The quantitative estimate of drug-likeness (QED) is 0.500. The molecule has 1 N–H and O–H groups in total. The van der Waals surface area contributed by atoms with E-state index in [1.54, 1.807) is 6.08 Å². The van der Waals surface area contributed by atoms with Gasteiger partial charge in [0.1, 0.15) is 0 Å². The van der Waals surface area contributed by atoms with E-state index >= 15 is 0 Å². The minimum absolute atomic E-state index is 0.0628. The lowest BCUT2D eigenvalue weighted by atomic mass is 10.1. The van der Waals surface area contributed by atoms with Crippen molar-refractivity contribution >= 4 is 5.91 Å². The molecule has 1 aliphatic heterocycles. The Kier molecular flexibility index (Phi) is 13.5. The number of nitrogens with zero attached hydrogens (tertiary/aromatic N) is 2. The first kappa shape index (κ1) is 25.9. The maximum atomic E-state index is 12.2. The molecule has 4 heteroatoms. The van der Waals surface area contributed by atoms with E-state index in [9.17, 15) is 4.79 Å². The van der Waals surface area contributed by atoms with Crippen LogP contribution in [-0.2, 0) is 11.2 Å². The molecule has 1 aromatic carbocycles. The van der Waals surface area contributed by atoms with Gasteiger partial charge in [0.05, 0.1) is 6.61 Å². The number of aliphatic hydroxyl groups excluding tert-OH is 1. The molecule has 0 saturated carbocycles. The molecule has 1 amide bonds. The number of aliphatic hydroxyl groups is 1. The van der Waals surface area contributed by atoms with Crippen LogP contribution >= 0.6 is 0 Å². The lowest BCUT2D eigenvalue weighted by Gasteiger charge is -2.20. The molecule has 0 radical (unpaired) electrons. The zero-order valence-electron chi connectivity index (χ0n) is 19.1. The van der Waals surface area contributed by atoms with E-state index in [-0.39, 0.29) is 6.61 Å². The Balaban J connectivity index is 0.000000382. The van der Waals surface area contributed by atoms with Crippen LogP contribution in [0.2, 0.25) is 0 Å². The predicted octanol–water partition coefficient (Wildman–Crippen LogP) is 4.62. The summed E-state index contributed by atoms with van der Waals surface area (Å²) in [6, 6.07) is 10.5. The summed E-state index contributed by atoms with van der Waals surface area (Å²) in [5.41, 5.74) is 3.44. The van der Waals surface area contributed by atoms with Crippen LogP contribution in [0, 0.1) is 0 Å². The monoisotopic (exact) mass is 412 g/mol. The Labute approximate surface area is 183 Å². The van der Waals surface area contributed by atoms with E-state index in [0.29, 0.717) is 12.3 Å². The van der Waals surface area contributed by atoms with Gasteiger partial charge in [0.2, 0.25) is 5.91 Å². The number of hydrogen-bond donors (Lipinski definition) is 1. The van der Waals surface area contributed by atoms with Gasteiger partial charge in [0, 0.05) is 26.1 Å². The molecule has 0 aromatic heterocycles. The molecule has 4 nitrogen and oxygen atoms in total. The van der Waals surface area contributed by atoms with Crippen molar-refractivity contribution in [3.63, 3.8) is 0 Å². The molecule has 30 heavy (non-hydrogen) atoms. The average molecular weight is 413 g/mol. The first-order valence-corrected chi connectivity index (χ1v) is 11.0. The van der Waals surface area contributed by atoms with Crippen molar-refractivity contribution in [3.8, 4) is 0 Å². The number of aryl methyl sites for hydroxylation is 1. The van der Waals surface area contributed by atoms with Crippen molar-refractivity contribution in [1.82, 2.24) is 9.80 Å². The number of allylic oxidation sites excluding steroid dienone is 3. The van der Waals surface area contributed by atoms with E-state index < -0.39 is 0 Å². The SMILES string of the molecule is C=C/C(=C\C=C(C)C)CO.CN1CCCN(C(=O)CCCCc2ccccc2)CC1. The summed E-state index contributed by atoms with van der Waals surface area (Å²) in [4.78, 5) is 16.5. The normalized spacial score (nSPS) is 14.9. The fourth-order valence-electron chi connectivity index (χ4n) is 3.16. The highest BCUT2D eigenvalue weighted by Crippen LogP contribution is 2.09. The van der Waals surface area contributed by atoms with Gasteiger partial charge in [-0.15, -0.1) is 0 Å². The minimum Gasteiger partial charge on any atom is -0.392 e. The van der Waals surface area contributed by atoms with Gasteiger partial charge in [0.25, 0.3) is 0 Å². The number of carbonyl (C=O) groups excluding carboxylic acids is 1. The van der Waals surface area contributed by atoms with Crippen LogP contribution in [0.3, 0.4) is 0 Å². The second-order valence-corrected chi connectivity index (χ2v) is 8.08. The Morgan fingerprint density at radius 3 is 2.43 bits per heavy atom. The topological polar surface area (TPSA) is 43.8 Å². The minimum atomic E-state index is 0.0628. The van der Waals surface area contributed by atoms with E-state index in [0.717, 1.165) is 57.4 Å². The molecule has 0 aliphatic carbocycles. The first-order valence-electron chi connectivity index (χ1n) is 11.0. The van der Waals surface area contributed by atoms with Crippen molar-refractivity contribution in [2.24, 2.45) is 0 Å². The van der Waals surface area contributed by atoms with Crippen LogP contribution < -0.4 is 0 Å². The molecule has 0 bridgehead atoms. The third kappa shape index (κ3) is 11.7. The molecule has 1 aliphatic rings. The maximum absolute atomic E-state index is 12.2. The zero-order valence-corrected chi connectivity index (χ0v) is 19.1. The van der Waals surface area contributed by atoms with Crippen LogP contribution in [0.25, 0.3) is 0 Å². The molecule has 1 heterocycles. The number of hydrogen-bond acceptors (Lipinski definition) is 3. The summed E-state index contributed by atoms with van der Waals surface area (Å²) in [5, 5.41) is 8.67. The standard InChI is InChI=1S/C17H26N2O.C9H14O/c1-18-12-7-13-19(15-14-18)17(20)11-6-5-10-16-8-3-2-4-9-16;1-4-9(7-10)6-5-8(2)3/h2-4,8-9H,5-7,10-15H2,1H3;4-6,10H,1,7H2,2-3H3/b;9-6+. The molecule has 0 atom stereocenters. The summed E-state index contributed by atoms with van der Waals surface area (Å²) < 4.78 is 0. The van der Waals surface area contributed by atoms with Gasteiger partial charge in [-0.3, -0.25) is 4.79 Å². The van der Waals surface area contributed by atoms with Gasteiger partial charge in [0.15, 0.2) is 0 Å². The van der Waals surface area contributed by atoms with Gasteiger partial charge in [-0.25, -0.2) is 0 Å². The van der Waals surface area contributed by atoms with Crippen LogP contribution in [0.5, 0.6) is 0 Å². The molecule has 1 aromatic rings. The summed E-state index contributed by atoms with van der Waals surface area (Å²) in [6.07, 6.45) is 10.5. The lowest BCUT2D eigenvalue weighted by molar-refractivity contribution is -0.131. The molecular formula is C26H40N2O2. The summed E-state index contributed by atoms with van der Waals surface area (Å²) in [7, 11) is 2.13. The van der Waals surface area contributed by atoms with Crippen molar-refractivity contribution in [1.29, 1.82) is 0 Å². The summed E-state index contributed by atoms with van der Waals surface area (Å²) in [5.74, 6) is 0.341. The van der Waals surface area contributed by atoms with E-state index in [1.165, 1.54) is 11.1 Å². The Morgan fingerprint density at radius 2 is 1.80 bits per heavy atom. The lowest BCUT2D eigenvalue weighted by Crippen LogP contribution is -2.34. The Hall–Kier alpha value is -2.17. The number of likely N-dealkylation sites (N-methyl/N-ethyl adjacent to an activating group) is 1. The highest BCUT2D eigenvalue weighted by atomic mass is 16.3. The average Bonchev–Trinajstić information content (AvgIpc) is 2.97. The van der Waals surface area contributed by atoms with E-state index in [4.69, 9.17) is 5.11 Å². The van der Waals surface area contributed by atoms with Crippen LogP contribution in [0.15, 0.2) is 66.3 Å². The van der Waals surface area contributed by atoms with Crippen molar-refractivity contribution in [2.75, 3.05) is 39.8 Å². The number of rotatable bonds is 8. The predicted molar refractivity (Wildman–Crippen MR) is 127 cm³/mol. The largest absolute Gasteiger partial charge is 0.392 e. The smallest absolute Gasteiger partial charge is 0.222 e. The van der Waals surface area contributed by atoms with Crippen LogP contribution in [0.4, 0.5) is 0 Å². The summed E-state index contributed by atoms with van der Waals surface area (Å²) >= 11 is 0. The molecule has 0 unspecified atom stereocenters. The highest BCUT2D eigenvalue weighted by molar-refractivity contribution is 5.76. The Bertz CT molecular complexity index is 676. The van der Waals surface area contributed by atoms with Gasteiger partial charge in [-0.1, -0.05) is 60.7 Å². The number of amides is 1. The number of unbranched alkanes of at least 4 members (excludes halogenated alkanes) is 1. The molecule has 1 fully saturated rings. The Morgan fingerprint density at radius 1 is 1.07 bits per heavy atom. The number of benzene rings is 1. The van der Waals surface area contributed by atoms with Gasteiger partial charge < -0.3 is 14.9 Å². The first-order chi connectivity index (χ1) is 14.5. The molecule has 2 rings (SSSR count). The number of carbonyl (C=O) groups is 1. The van der Waals surface area contributed by atoms with Crippen molar-refractivity contribution in [3.05, 3.63) is 71.8 Å². The third-order valence-corrected chi connectivity index (χ3v) is 5.10. The fraction of sp³-hybridized carbons (Fsp3) is 0.500. The van der Waals surface area contributed by atoms with Crippen molar-refractivity contribution < 1.29 is 9.90 Å². The molecular weight excluding hydrogens is 372 g/mol. The second-order valence-electron chi connectivity index (χ2n) is 8.08. The third-order valence-electron chi connectivity index (χ3n) is 5.10. The zero-order chi connectivity index (χ0) is 22.2. The fourth-order valence-corrected chi connectivity index (χ4v) is 3.16. The van der Waals surface area contributed by atoms with Gasteiger partial charge in [-0.05, 0) is 64.3 Å². The molecule has 1 saturated heterocycles.